The van der Waals surface area contributed by atoms with Crippen molar-refractivity contribution < 1.29 is 0 Å². The van der Waals surface area contributed by atoms with E-state index in [4.69, 9.17) is 26.8 Å². The Kier molecular flexibility index (Phi) is 3.97. The third-order valence-electron chi connectivity index (χ3n) is 0.401. The molecule has 0 N–H and O–H groups in total. The molecule has 0 radical (unpaired) electrons. The Labute approximate surface area is 55.6 Å². The molecular formula is CH5Cl3SiSn. The minimum atomic E-state index is -2.75. The summed E-state index contributed by atoms with van der Waals surface area (Å²) in [5.41, 5.74) is 0. The second-order valence-electron chi connectivity index (χ2n) is 0.969. The third kappa shape index (κ3) is 5.89. The molecule has 0 aliphatic heterocycles. The molecular weight excluding hydrogens is 265 g/mol. The number of halogens is 3. The molecule has 0 saturated heterocycles. The molecule has 0 amide bonds. The Balaban J connectivity index is 3.17. The van der Waals surface area contributed by atoms with Crippen LogP contribution in [0.5, 0.6) is 0 Å². The first-order chi connectivity index (χ1) is 2.56. The summed E-state index contributed by atoms with van der Waals surface area (Å²) in [6, 6.07) is 0. The van der Waals surface area contributed by atoms with Gasteiger partial charge in [0.05, 0.1) is 0 Å². The molecule has 0 aromatic rings. The molecule has 0 spiro atoms. The van der Waals surface area contributed by atoms with Gasteiger partial charge in [-0.15, -0.1) is 0 Å². The fourth-order valence-corrected chi connectivity index (χ4v) is 0. The molecule has 0 unspecified atom stereocenters. The van der Waals surface area contributed by atoms with Crippen molar-refractivity contribution in [1.82, 2.24) is 0 Å². The molecule has 0 fully saturated rings. The van der Waals surface area contributed by atoms with Crippen molar-refractivity contribution in [3.05, 3.63) is 0 Å². The monoisotopic (exact) mass is 270 g/mol. The van der Waals surface area contributed by atoms with Gasteiger partial charge in [-0.25, -0.2) is 0 Å². The molecule has 0 aromatic carbocycles. The molecule has 0 heterocycles. The summed E-state index contributed by atoms with van der Waals surface area (Å²) >= 11 is -2.75. The van der Waals surface area contributed by atoms with Gasteiger partial charge in [-0.1, -0.05) is 0 Å². The summed E-state index contributed by atoms with van der Waals surface area (Å²) in [6.07, 6.45) is 0. The van der Waals surface area contributed by atoms with Crippen LogP contribution in [-0.4, -0.2) is 25.2 Å². The van der Waals surface area contributed by atoms with Crippen LogP contribution in [0, 0.1) is 0 Å². The maximum absolute atomic E-state index is 5.49. The predicted molar refractivity (Wildman–Crippen MR) is 38.1 cm³/mol. The normalized spacial score (nSPS) is 12.5. The summed E-state index contributed by atoms with van der Waals surface area (Å²) in [5, 5.41) is 0. The second kappa shape index (κ2) is 3.02. The number of hydrogen-bond acceptors (Lipinski definition) is 0. The van der Waals surface area contributed by atoms with Crippen molar-refractivity contribution in [2.45, 2.75) is 4.06 Å². The summed E-state index contributed by atoms with van der Waals surface area (Å²) in [5.74, 6) is 0. The van der Waals surface area contributed by atoms with Crippen LogP contribution in [-0.2, 0) is 0 Å². The maximum atomic E-state index is 5.49. The van der Waals surface area contributed by atoms with Gasteiger partial charge >= 0.3 is 56.1 Å². The number of rotatable bonds is 1. The zero-order valence-corrected chi connectivity index (χ0v) is 10.5. The van der Waals surface area contributed by atoms with Crippen molar-refractivity contribution in [2.75, 3.05) is 0 Å². The molecule has 5 heteroatoms. The standard InChI is InChI=1S/CH5Si.3ClH.Sn/c1-2;;;;/h1H2,2H3;3*1H;/q;;;;+3/p-3. The average Bonchev–Trinajstić information content (AvgIpc) is 1.35. The quantitative estimate of drug-likeness (QED) is 0.623. The van der Waals surface area contributed by atoms with E-state index >= 15 is 0 Å². The van der Waals surface area contributed by atoms with Crippen LogP contribution in [0.25, 0.3) is 0 Å². The van der Waals surface area contributed by atoms with Crippen LogP contribution in [0.3, 0.4) is 0 Å². The van der Waals surface area contributed by atoms with Crippen LogP contribution >= 0.6 is 26.8 Å². The average molecular weight is 270 g/mol. The summed E-state index contributed by atoms with van der Waals surface area (Å²) in [4.78, 5) is 0. The van der Waals surface area contributed by atoms with Gasteiger partial charge in [-0.3, -0.25) is 0 Å². The minimum absolute atomic E-state index is 0.916. The Hall–Kier alpha value is 1.89. The van der Waals surface area contributed by atoms with Crippen LogP contribution in [0.4, 0.5) is 0 Å². The van der Waals surface area contributed by atoms with Gasteiger partial charge in [0, 0.05) is 0 Å². The van der Waals surface area contributed by atoms with Crippen molar-refractivity contribution in [3.8, 4) is 0 Å². The Morgan fingerprint density at radius 1 is 1.33 bits per heavy atom. The van der Waals surface area contributed by atoms with Crippen molar-refractivity contribution in [1.29, 1.82) is 0 Å². The fourth-order valence-electron chi connectivity index (χ4n) is 0. The molecule has 0 nitrogen and oxygen atoms in total. The van der Waals surface area contributed by atoms with Crippen molar-refractivity contribution >= 4 is 52.0 Å². The van der Waals surface area contributed by atoms with E-state index < -0.39 is 15.0 Å². The molecule has 0 aliphatic carbocycles. The molecule has 0 rings (SSSR count). The predicted octanol–water partition coefficient (Wildman–Crippen LogP) is 0.965. The summed E-state index contributed by atoms with van der Waals surface area (Å²) < 4.78 is 0.916. The van der Waals surface area contributed by atoms with Gasteiger partial charge in [0.15, 0.2) is 0 Å². The van der Waals surface area contributed by atoms with E-state index in [-0.39, 0.29) is 0 Å². The first kappa shape index (κ1) is 7.89. The van der Waals surface area contributed by atoms with Crippen molar-refractivity contribution in [3.63, 3.8) is 0 Å². The summed E-state index contributed by atoms with van der Waals surface area (Å²) in [6.45, 7) is 0. The fraction of sp³-hybridized carbons (Fsp3) is 1.00. The third-order valence-corrected chi connectivity index (χ3v) is 24.2. The SMILES string of the molecule is [SiH3][CH2][Sn]([Cl])([Cl])[Cl]. The number of hydrogen-bond donors (Lipinski definition) is 0. The molecule has 0 bridgehead atoms. The zero-order valence-electron chi connectivity index (χ0n) is 3.34. The van der Waals surface area contributed by atoms with Crippen molar-refractivity contribution in [2.24, 2.45) is 0 Å². The van der Waals surface area contributed by atoms with Crippen LogP contribution in [0.15, 0.2) is 0 Å². The molecule has 0 atom stereocenters. The van der Waals surface area contributed by atoms with Crippen LogP contribution in [0.2, 0.25) is 4.06 Å². The van der Waals surface area contributed by atoms with Crippen LogP contribution < -0.4 is 0 Å². The summed E-state index contributed by atoms with van der Waals surface area (Å²) in [7, 11) is 17.5. The molecule has 0 aromatic heterocycles. The van der Waals surface area contributed by atoms with E-state index in [2.05, 4.69) is 0 Å². The molecule has 38 valence electrons. The van der Waals surface area contributed by atoms with Gasteiger partial charge in [0.2, 0.25) is 0 Å². The molecule has 0 aliphatic rings. The first-order valence-electron chi connectivity index (χ1n) is 1.63. The second-order valence-corrected chi connectivity index (χ2v) is 28.1. The van der Waals surface area contributed by atoms with E-state index in [0.29, 0.717) is 0 Å². The Bertz CT molecular complexity index is 40.5. The molecule has 6 heavy (non-hydrogen) atoms. The van der Waals surface area contributed by atoms with E-state index in [0.717, 1.165) is 14.3 Å². The topological polar surface area (TPSA) is 0 Å². The van der Waals surface area contributed by atoms with Gasteiger partial charge in [0.25, 0.3) is 0 Å². The van der Waals surface area contributed by atoms with Crippen LogP contribution in [0.1, 0.15) is 0 Å². The van der Waals surface area contributed by atoms with E-state index in [1.54, 1.807) is 0 Å². The van der Waals surface area contributed by atoms with Gasteiger partial charge < -0.3 is 0 Å². The van der Waals surface area contributed by atoms with Gasteiger partial charge in [0.1, 0.15) is 0 Å². The van der Waals surface area contributed by atoms with E-state index in [9.17, 15) is 0 Å². The van der Waals surface area contributed by atoms with E-state index in [1.807, 2.05) is 0 Å². The zero-order chi connectivity index (χ0) is 5.21. The molecule has 0 saturated carbocycles. The van der Waals surface area contributed by atoms with E-state index in [1.165, 1.54) is 0 Å². The Morgan fingerprint density at radius 3 is 1.50 bits per heavy atom. The van der Waals surface area contributed by atoms with Gasteiger partial charge in [-0.05, 0) is 0 Å². The first-order valence-corrected chi connectivity index (χ1v) is 15.9. The Morgan fingerprint density at radius 2 is 1.50 bits per heavy atom. The van der Waals surface area contributed by atoms with Gasteiger partial charge in [-0.2, -0.15) is 0 Å².